The van der Waals surface area contributed by atoms with Crippen molar-refractivity contribution in [1.29, 1.82) is 0 Å². The first-order chi connectivity index (χ1) is 14.1. The third-order valence-corrected chi connectivity index (χ3v) is 4.85. The summed E-state index contributed by atoms with van der Waals surface area (Å²) >= 11 is 0. The van der Waals surface area contributed by atoms with E-state index in [0.29, 0.717) is 22.5 Å². The molecular weight excluding hydrogens is 377 g/mol. The molecule has 2 aromatic carbocycles. The number of hydrogen-bond donors (Lipinski definition) is 1. The van der Waals surface area contributed by atoms with E-state index in [2.05, 4.69) is 5.32 Å². The predicted molar refractivity (Wildman–Crippen MR) is 105 cm³/mol. The van der Waals surface area contributed by atoms with Crippen LogP contribution in [0.15, 0.2) is 57.9 Å². The van der Waals surface area contributed by atoms with Crippen LogP contribution in [0.4, 0.5) is 4.39 Å². The Bertz CT molecular complexity index is 1070. The zero-order chi connectivity index (χ0) is 20.2. The number of benzene rings is 2. The Balaban J connectivity index is 1.44. The number of hydrogen-bond acceptors (Lipinski definition) is 5. The summed E-state index contributed by atoms with van der Waals surface area (Å²) in [5.41, 5.74) is -0.0451. The fourth-order valence-electron chi connectivity index (χ4n) is 3.37. The zero-order valence-electron chi connectivity index (χ0n) is 15.7. The molecule has 0 atom stereocenters. The number of nitrogens with one attached hydrogen (secondary N) is 1. The number of amides is 1. The fraction of sp³-hybridized carbons (Fsp3) is 0.273. The first kappa shape index (κ1) is 19.0. The molecular formula is C22H20FNO5. The fourth-order valence-corrected chi connectivity index (χ4v) is 3.37. The summed E-state index contributed by atoms with van der Waals surface area (Å²) in [6, 6.07) is 10.3. The number of fused-ring (bicyclic) bond motifs is 1. The van der Waals surface area contributed by atoms with Gasteiger partial charge in [0, 0.05) is 12.1 Å². The Morgan fingerprint density at radius 2 is 1.83 bits per heavy atom. The van der Waals surface area contributed by atoms with Crippen LogP contribution in [0.3, 0.4) is 0 Å². The standard InChI is InChI=1S/C22H20FNO5/c23-14-5-7-16(8-6-14)29-20-12-28-19-11-17(9-10-18(19)22(20)26)27-13-21(25)24-15-3-1-2-4-15/h5-12,15H,1-4,13H2,(H,24,25). The van der Waals surface area contributed by atoms with Crippen LogP contribution in [0.5, 0.6) is 17.2 Å². The highest BCUT2D eigenvalue weighted by Crippen LogP contribution is 2.24. The molecule has 29 heavy (non-hydrogen) atoms. The van der Waals surface area contributed by atoms with Crippen LogP contribution < -0.4 is 20.2 Å². The van der Waals surface area contributed by atoms with Gasteiger partial charge in [0.05, 0.1) is 5.39 Å². The minimum absolute atomic E-state index is 0.00582. The highest BCUT2D eigenvalue weighted by molar-refractivity contribution is 5.80. The predicted octanol–water partition coefficient (Wildman–Crippen LogP) is 4.16. The van der Waals surface area contributed by atoms with Crippen LogP contribution >= 0.6 is 0 Å². The summed E-state index contributed by atoms with van der Waals surface area (Å²) < 4.78 is 29.5. The van der Waals surface area contributed by atoms with Crippen molar-refractivity contribution in [3.63, 3.8) is 0 Å². The molecule has 1 fully saturated rings. The van der Waals surface area contributed by atoms with Gasteiger partial charge >= 0.3 is 0 Å². The SMILES string of the molecule is O=C(COc1ccc2c(=O)c(Oc3ccc(F)cc3)coc2c1)NC1CCCC1. The second kappa shape index (κ2) is 8.34. The number of halogens is 1. The molecule has 7 heteroatoms. The maximum atomic E-state index is 13.0. The normalized spacial score (nSPS) is 14.1. The lowest BCUT2D eigenvalue weighted by molar-refractivity contribution is -0.123. The topological polar surface area (TPSA) is 77.8 Å². The van der Waals surface area contributed by atoms with E-state index in [9.17, 15) is 14.0 Å². The molecule has 1 amide bonds. The molecule has 0 spiro atoms. The Hall–Kier alpha value is -3.35. The smallest absolute Gasteiger partial charge is 0.258 e. The molecule has 1 N–H and O–H groups in total. The number of carbonyl (C=O) groups is 1. The molecule has 0 unspecified atom stereocenters. The minimum atomic E-state index is -0.396. The quantitative estimate of drug-likeness (QED) is 0.676. The summed E-state index contributed by atoms with van der Waals surface area (Å²) in [5, 5.41) is 3.26. The summed E-state index contributed by atoms with van der Waals surface area (Å²) in [6.45, 7) is -0.0992. The monoisotopic (exact) mass is 397 g/mol. The molecule has 150 valence electrons. The van der Waals surface area contributed by atoms with E-state index in [4.69, 9.17) is 13.9 Å². The molecule has 1 aliphatic carbocycles. The number of carbonyl (C=O) groups excluding carboxylic acids is 1. The van der Waals surface area contributed by atoms with Crippen molar-refractivity contribution in [2.45, 2.75) is 31.7 Å². The highest BCUT2D eigenvalue weighted by Gasteiger charge is 2.17. The zero-order valence-corrected chi connectivity index (χ0v) is 15.7. The van der Waals surface area contributed by atoms with Crippen LogP contribution in [0.25, 0.3) is 11.0 Å². The van der Waals surface area contributed by atoms with Crippen LogP contribution in [0.2, 0.25) is 0 Å². The first-order valence-electron chi connectivity index (χ1n) is 9.49. The van der Waals surface area contributed by atoms with E-state index >= 15 is 0 Å². The van der Waals surface area contributed by atoms with Gasteiger partial charge in [0.1, 0.15) is 29.2 Å². The summed E-state index contributed by atoms with van der Waals surface area (Å²) in [5.74, 6) is 0.184. The third-order valence-electron chi connectivity index (χ3n) is 4.85. The maximum absolute atomic E-state index is 13.0. The van der Waals surface area contributed by atoms with Gasteiger partial charge in [-0.25, -0.2) is 4.39 Å². The van der Waals surface area contributed by atoms with Gasteiger partial charge in [0.15, 0.2) is 6.61 Å². The Morgan fingerprint density at radius 3 is 2.59 bits per heavy atom. The largest absolute Gasteiger partial charge is 0.484 e. The summed E-state index contributed by atoms with van der Waals surface area (Å²) in [7, 11) is 0. The average molecular weight is 397 g/mol. The molecule has 6 nitrogen and oxygen atoms in total. The van der Waals surface area contributed by atoms with E-state index in [-0.39, 0.29) is 29.7 Å². The molecule has 0 aliphatic heterocycles. The van der Waals surface area contributed by atoms with Gasteiger partial charge in [-0.15, -0.1) is 0 Å². The van der Waals surface area contributed by atoms with E-state index in [1.54, 1.807) is 18.2 Å². The molecule has 1 aromatic heterocycles. The van der Waals surface area contributed by atoms with Crippen molar-refractivity contribution >= 4 is 16.9 Å². The third kappa shape index (κ3) is 4.56. The van der Waals surface area contributed by atoms with Gasteiger partial charge in [-0.2, -0.15) is 0 Å². The molecule has 3 aromatic rings. The highest BCUT2D eigenvalue weighted by atomic mass is 19.1. The van der Waals surface area contributed by atoms with Crippen LogP contribution in [-0.4, -0.2) is 18.6 Å². The molecule has 0 radical (unpaired) electrons. The van der Waals surface area contributed by atoms with Crippen LogP contribution in [-0.2, 0) is 4.79 Å². The number of rotatable bonds is 6. The maximum Gasteiger partial charge on any atom is 0.258 e. The van der Waals surface area contributed by atoms with E-state index in [1.807, 2.05) is 0 Å². The van der Waals surface area contributed by atoms with Gasteiger partial charge in [-0.1, -0.05) is 12.8 Å². The second-order valence-corrected chi connectivity index (χ2v) is 6.98. The van der Waals surface area contributed by atoms with Gasteiger partial charge in [0.25, 0.3) is 5.91 Å². The average Bonchev–Trinajstić information content (AvgIpc) is 3.23. The second-order valence-electron chi connectivity index (χ2n) is 6.98. The van der Waals surface area contributed by atoms with E-state index < -0.39 is 5.82 Å². The lowest BCUT2D eigenvalue weighted by Crippen LogP contribution is -2.36. The first-order valence-corrected chi connectivity index (χ1v) is 9.49. The number of ether oxygens (including phenoxy) is 2. The van der Waals surface area contributed by atoms with Crippen LogP contribution in [0.1, 0.15) is 25.7 Å². The van der Waals surface area contributed by atoms with Gasteiger partial charge in [-0.05, 0) is 49.2 Å². The summed E-state index contributed by atoms with van der Waals surface area (Å²) in [4.78, 5) is 24.6. The lowest BCUT2D eigenvalue weighted by Gasteiger charge is -2.12. The van der Waals surface area contributed by atoms with Crippen molar-refractivity contribution in [1.82, 2.24) is 5.32 Å². The molecule has 0 saturated heterocycles. The Kier molecular flexibility index (Phi) is 5.46. The molecule has 1 heterocycles. The van der Waals surface area contributed by atoms with E-state index in [0.717, 1.165) is 25.7 Å². The lowest BCUT2D eigenvalue weighted by atomic mass is 10.2. The van der Waals surface area contributed by atoms with Gasteiger partial charge < -0.3 is 19.2 Å². The van der Waals surface area contributed by atoms with Crippen molar-refractivity contribution in [2.24, 2.45) is 0 Å². The van der Waals surface area contributed by atoms with Crippen molar-refractivity contribution < 1.29 is 23.1 Å². The molecule has 4 rings (SSSR count). The van der Waals surface area contributed by atoms with Crippen molar-refractivity contribution in [3.8, 4) is 17.2 Å². The van der Waals surface area contributed by atoms with Crippen LogP contribution in [0, 0.1) is 5.82 Å². The minimum Gasteiger partial charge on any atom is -0.484 e. The summed E-state index contributed by atoms with van der Waals surface area (Å²) in [6.07, 6.45) is 5.50. The van der Waals surface area contributed by atoms with Gasteiger partial charge in [0.2, 0.25) is 11.2 Å². The molecule has 1 aliphatic rings. The van der Waals surface area contributed by atoms with Crippen molar-refractivity contribution in [3.05, 3.63) is 64.8 Å². The van der Waals surface area contributed by atoms with Crippen molar-refractivity contribution in [2.75, 3.05) is 6.61 Å². The van der Waals surface area contributed by atoms with E-state index in [1.165, 1.54) is 30.5 Å². The molecule has 0 bridgehead atoms. The van der Waals surface area contributed by atoms with Gasteiger partial charge in [-0.3, -0.25) is 9.59 Å². The Morgan fingerprint density at radius 1 is 1.10 bits per heavy atom. The Labute approximate surface area is 166 Å². The molecule has 1 saturated carbocycles.